The zero-order valence-electron chi connectivity index (χ0n) is 14.9. The fourth-order valence-corrected chi connectivity index (χ4v) is 3.10. The number of ether oxygens (including phenoxy) is 1. The van der Waals surface area contributed by atoms with Crippen LogP contribution in [0, 0.1) is 25.5 Å². The molecule has 4 rings (SSSR count). The van der Waals surface area contributed by atoms with Gasteiger partial charge < -0.3 is 4.74 Å². The average molecular weight is 365 g/mol. The zero-order chi connectivity index (χ0) is 19.0. The van der Waals surface area contributed by atoms with Gasteiger partial charge in [-0.1, -0.05) is 24.3 Å². The van der Waals surface area contributed by atoms with Crippen LogP contribution in [0.4, 0.5) is 8.78 Å². The predicted molar refractivity (Wildman–Crippen MR) is 99.0 cm³/mol. The zero-order valence-corrected chi connectivity index (χ0v) is 14.9. The summed E-state index contributed by atoms with van der Waals surface area (Å²) in [5.41, 5.74) is 3.32. The van der Waals surface area contributed by atoms with Crippen molar-refractivity contribution in [3.8, 4) is 11.6 Å². The van der Waals surface area contributed by atoms with Crippen LogP contribution in [0.5, 0.6) is 5.88 Å². The van der Waals surface area contributed by atoms with Crippen molar-refractivity contribution in [2.45, 2.75) is 20.5 Å². The Balaban J connectivity index is 1.75. The monoisotopic (exact) mass is 365 g/mol. The summed E-state index contributed by atoms with van der Waals surface area (Å²) < 4.78 is 34.8. The first-order valence-electron chi connectivity index (χ1n) is 8.52. The van der Waals surface area contributed by atoms with Gasteiger partial charge in [-0.05, 0) is 43.7 Å². The van der Waals surface area contributed by atoms with Crippen molar-refractivity contribution in [2.75, 3.05) is 0 Å². The van der Waals surface area contributed by atoms with Crippen molar-refractivity contribution >= 4 is 11.0 Å². The number of nitrogens with zero attached hydrogens (tertiary/aromatic N) is 3. The Morgan fingerprint density at radius 1 is 1.00 bits per heavy atom. The lowest BCUT2D eigenvalue weighted by molar-refractivity contribution is 0.288. The molecule has 0 amide bonds. The standard InChI is InChI=1S/C21H17F2N3O/c1-13-10-19(27-12-15-6-3-4-9-18(15)23)24-21-20(13)14(2)25-26(21)17-8-5-7-16(22)11-17/h3-11H,12H2,1-2H3. The van der Waals surface area contributed by atoms with Crippen molar-refractivity contribution in [2.24, 2.45) is 0 Å². The van der Waals surface area contributed by atoms with Crippen molar-refractivity contribution in [3.05, 3.63) is 83.1 Å². The summed E-state index contributed by atoms with van der Waals surface area (Å²) in [4.78, 5) is 4.54. The van der Waals surface area contributed by atoms with Crippen LogP contribution >= 0.6 is 0 Å². The van der Waals surface area contributed by atoms with E-state index in [1.54, 1.807) is 41.1 Å². The van der Waals surface area contributed by atoms with Crippen LogP contribution in [0.2, 0.25) is 0 Å². The van der Waals surface area contributed by atoms with Crippen molar-refractivity contribution in [3.63, 3.8) is 0 Å². The van der Waals surface area contributed by atoms with Crippen LogP contribution in [-0.2, 0) is 6.61 Å². The maximum absolute atomic E-state index is 13.8. The van der Waals surface area contributed by atoms with E-state index in [0.29, 0.717) is 22.8 Å². The van der Waals surface area contributed by atoms with Gasteiger partial charge >= 0.3 is 0 Å². The van der Waals surface area contributed by atoms with Crippen LogP contribution < -0.4 is 4.74 Å². The van der Waals surface area contributed by atoms with E-state index in [1.165, 1.54) is 18.2 Å². The van der Waals surface area contributed by atoms with Gasteiger partial charge in [-0.3, -0.25) is 0 Å². The summed E-state index contributed by atoms with van der Waals surface area (Å²) in [6.07, 6.45) is 0. The highest BCUT2D eigenvalue weighted by Crippen LogP contribution is 2.27. The molecule has 0 radical (unpaired) electrons. The van der Waals surface area contributed by atoms with E-state index in [4.69, 9.17) is 4.74 Å². The number of pyridine rings is 1. The molecule has 0 unspecified atom stereocenters. The third kappa shape index (κ3) is 3.26. The van der Waals surface area contributed by atoms with E-state index in [9.17, 15) is 8.78 Å². The van der Waals surface area contributed by atoms with E-state index >= 15 is 0 Å². The van der Waals surface area contributed by atoms with Gasteiger partial charge in [-0.25, -0.2) is 13.5 Å². The molecule has 0 aliphatic rings. The molecule has 0 spiro atoms. The summed E-state index contributed by atoms with van der Waals surface area (Å²) in [6.45, 7) is 3.88. The lowest BCUT2D eigenvalue weighted by Gasteiger charge is -2.09. The Bertz CT molecular complexity index is 1140. The Kier molecular flexibility index (Phi) is 4.32. The first-order chi connectivity index (χ1) is 13.0. The summed E-state index contributed by atoms with van der Waals surface area (Å²) >= 11 is 0. The number of hydrogen-bond acceptors (Lipinski definition) is 3. The van der Waals surface area contributed by atoms with E-state index in [0.717, 1.165) is 16.6 Å². The van der Waals surface area contributed by atoms with Gasteiger partial charge in [0, 0.05) is 17.0 Å². The molecule has 4 nitrogen and oxygen atoms in total. The van der Waals surface area contributed by atoms with Crippen molar-refractivity contribution in [1.29, 1.82) is 0 Å². The minimum atomic E-state index is -0.350. The van der Waals surface area contributed by atoms with Gasteiger partial charge in [0.05, 0.1) is 11.4 Å². The molecule has 0 saturated heterocycles. The first-order valence-corrected chi connectivity index (χ1v) is 8.52. The molecular formula is C21H17F2N3O. The Morgan fingerprint density at radius 3 is 2.59 bits per heavy atom. The molecule has 4 aromatic rings. The number of benzene rings is 2. The van der Waals surface area contributed by atoms with Crippen LogP contribution in [-0.4, -0.2) is 14.8 Å². The lowest BCUT2D eigenvalue weighted by atomic mass is 10.1. The van der Waals surface area contributed by atoms with Crippen molar-refractivity contribution in [1.82, 2.24) is 14.8 Å². The van der Waals surface area contributed by atoms with Crippen LogP contribution in [0.25, 0.3) is 16.7 Å². The second-order valence-electron chi connectivity index (χ2n) is 6.33. The van der Waals surface area contributed by atoms with E-state index < -0.39 is 0 Å². The number of aromatic nitrogens is 3. The maximum Gasteiger partial charge on any atom is 0.215 e. The number of hydrogen-bond donors (Lipinski definition) is 0. The number of rotatable bonds is 4. The summed E-state index contributed by atoms with van der Waals surface area (Å²) in [6, 6.07) is 14.4. The molecule has 0 N–H and O–H groups in total. The van der Waals surface area contributed by atoms with Gasteiger partial charge in [0.2, 0.25) is 5.88 Å². The van der Waals surface area contributed by atoms with E-state index in [-0.39, 0.29) is 18.2 Å². The molecule has 0 bridgehead atoms. The molecule has 136 valence electrons. The van der Waals surface area contributed by atoms with Gasteiger partial charge in [0.25, 0.3) is 0 Å². The molecule has 0 saturated carbocycles. The van der Waals surface area contributed by atoms with Crippen LogP contribution in [0.3, 0.4) is 0 Å². The highest BCUT2D eigenvalue weighted by Gasteiger charge is 2.15. The van der Waals surface area contributed by atoms with E-state index in [1.807, 2.05) is 13.8 Å². The minimum Gasteiger partial charge on any atom is -0.473 e. The number of halogens is 2. The lowest BCUT2D eigenvalue weighted by Crippen LogP contribution is -2.02. The Hall–Kier alpha value is -3.28. The molecule has 27 heavy (non-hydrogen) atoms. The smallest absolute Gasteiger partial charge is 0.215 e. The molecule has 0 aliphatic heterocycles. The van der Waals surface area contributed by atoms with Gasteiger partial charge in [0.15, 0.2) is 5.65 Å². The second kappa shape index (κ2) is 6.79. The highest BCUT2D eigenvalue weighted by atomic mass is 19.1. The molecule has 6 heteroatoms. The fraction of sp³-hybridized carbons (Fsp3) is 0.143. The second-order valence-corrected chi connectivity index (χ2v) is 6.33. The largest absolute Gasteiger partial charge is 0.473 e. The highest BCUT2D eigenvalue weighted by molar-refractivity contribution is 5.83. The number of fused-ring (bicyclic) bond motifs is 1. The summed E-state index contributed by atoms with van der Waals surface area (Å²) in [7, 11) is 0. The molecular weight excluding hydrogens is 348 g/mol. The minimum absolute atomic E-state index is 0.0672. The summed E-state index contributed by atoms with van der Waals surface area (Å²) in [5, 5.41) is 5.39. The van der Waals surface area contributed by atoms with Gasteiger partial charge in [-0.2, -0.15) is 10.1 Å². The molecule has 0 atom stereocenters. The third-order valence-electron chi connectivity index (χ3n) is 4.37. The third-order valence-corrected chi connectivity index (χ3v) is 4.37. The Labute approximate surface area is 155 Å². The van der Waals surface area contributed by atoms with Gasteiger partial charge in [0.1, 0.15) is 18.2 Å². The Morgan fingerprint density at radius 2 is 1.81 bits per heavy atom. The SMILES string of the molecule is Cc1cc(OCc2ccccc2F)nc2c1c(C)nn2-c1cccc(F)c1. The fourth-order valence-electron chi connectivity index (χ4n) is 3.10. The molecule has 0 aliphatic carbocycles. The summed E-state index contributed by atoms with van der Waals surface area (Å²) in [5.74, 6) is -0.311. The number of aryl methyl sites for hydroxylation is 2. The van der Waals surface area contributed by atoms with E-state index in [2.05, 4.69) is 10.1 Å². The van der Waals surface area contributed by atoms with Gasteiger partial charge in [-0.15, -0.1) is 0 Å². The molecule has 2 heterocycles. The maximum atomic E-state index is 13.8. The molecule has 2 aromatic carbocycles. The predicted octanol–water partition coefficient (Wildman–Crippen LogP) is 4.89. The quantitative estimate of drug-likeness (QED) is 0.517. The van der Waals surface area contributed by atoms with Crippen LogP contribution in [0.1, 0.15) is 16.8 Å². The first kappa shape index (κ1) is 17.1. The normalized spacial score (nSPS) is 11.1. The van der Waals surface area contributed by atoms with Crippen molar-refractivity contribution < 1.29 is 13.5 Å². The van der Waals surface area contributed by atoms with Crippen LogP contribution in [0.15, 0.2) is 54.6 Å². The topological polar surface area (TPSA) is 39.9 Å². The molecule has 0 fully saturated rings. The molecule has 2 aromatic heterocycles. The average Bonchev–Trinajstić information content (AvgIpc) is 2.98.